The van der Waals surface area contributed by atoms with Crippen molar-refractivity contribution >= 4 is 11.6 Å². The molecule has 3 N–H and O–H groups in total. The molecule has 0 aliphatic rings. The Morgan fingerprint density at radius 1 is 1.27 bits per heavy atom. The summed E-state index contributed by atoms with van der Waals surface area (Å²) in [5, 5.41) is 3.11. The summed E-state index contributed by atoms with van der Waals surface area (Å²) in [4.78, 5) is 8.59. The minimum atomic E-state index is 0.402. The number of aromatic nitrogens is 1. The normalized spacial score (nSPS) is 13.0. The zero-order valence-corrected chi connectivity index (χ0v) is 13.5. The second kappa shape index (κ2) is 7.59. The second-order valence-electron chi connectivity index (χ2n) is 5.58. The van der Waals surface area contributed by atoms with E-state index >= 15 is 0 Å². The Labute approximate surface area is 132 Å². The number of pyridine rings is 1. The lowest BCUT2D eigenvalue weighted by Crippen LogP contribution is -2.22. The van der Waals surface area contributed by atoms with Crippen LogP contribution in [0.1, 0.15) is 43.0 Å². The molecule has 0 aliphatic heterocycles. The third kappa shape index (κ3) is 4.58. The van der Waals surface area contributed by atoms with Gasteiger partial charge in [-0.15, -0.1) is 0 Å². The monoisotopic (exact) mass is 296 g/mol. The highest BCUT2D eigenvalue weighted by Crippen LogP contribution is 2.20. The van der Waals surface area contributed by atoms with Gasteiger partial charge in [-0.25, -0.2) is 4.99 Å². The number of guanidine groups is 1. The molecule has 0 aliphatic carbocycles. The molecule has 0 saturated carbocycles. The first-order valence-corrected chi connectivity index (χ1v) is 7.67. The lowest BCUT2D eigenvalue weighted by molar-refractivity contribution is 0.734. The number of nitrogens with two attached hydrogens (primary N) is 1. The molecule has 1 atom stereocenters. The van der Waals surface area contributed by atoms with Crippen molar-refractivity contribution in [1.29, 1.82) is 0 Å². The van der Waals surface area contributed by atoms with Crippen molar-refractivity contribution in [3.05, 3.63) is 59.4 Å². The number of aryl methyl sites for hydroxylation is 1. The Kier molecular flexibility index (Phi) is 5.53. The molecular weight excluding hydrogens is 272 g/mol. The minimum absolute atomic E-state index is 0.402. The lowest BCUT2D eigenvalue weighted by atomic mass is 9.99. The molecule has 0 radical (unpaired) electrons. The average Bonchev–Trinajstić information content (AvgIpc) is 2.53. The highest BCUT2D eigenvalue weighted by atomic mass is 15.1. The minimum Gasteiger partial charge on any atom is -0.370 e. The standard InChI is InChI=1S/C18H24N4/c1-4-14(3)15-5-7-16(8-6-15)22-18(19)21-12-17-11-13(2)9-10-20-17/h5-11,14H,4,12H2,1-3H3,(H3,19,21,22). The Morgan fingerprint density at radius 2 is 2.00 bits per heavy atom. The van der Waals surface area contributed by atoms with E-state index in [4.69, 9.17) is 5.73 Å². The molecule has 1 aromatic heterocycles. The third-order valence-corrected chi connectivity index (χ3v) is 3.75. The van der Waals surface area contributed by atoms with Gasteiger partial charge in [0.2, 0.25) is 0 Å². The number of nitrogens with one attached hydrogen (secondary N) is 1. The number of benzene rings is 1. The Morgan fingerprint density at radius 3 is 2.64 bits per heavy atom. The maximum atomic E-state index is 5.93. The molecule has 1 aromatic carbocycles. The Bertz CT molecular complexity index is 632. The van der Waals surface area contributed by atoms with Crippen LogP contribution < -0.4 is 11.1 Å². The fraction of sp³-hybridized carbons (Fsp3) is 0.333. The van der Waals surface area contributed by atoms with Crippen LogP contribution in [-0.4, -0.2) is 10.9 Å². The number of hydrogen-bond donors (Lipinski definition) is 2. The molecule has 1 unspecified atom stereocenters. The van der Waals surface area contributed by atoms with Crippen molar-refractivity contribution in [2.75, 3.05) is 5.32 Å². The predicted molar refractivity (Wildman–Crippen MR) is 93.1 cm³/mol. The summed E-state index contributed by atoms with van der Waals surface area (Å²) in [6.07, 6.45) is 2.93. The predicted octanol–water partition coefficient (Wildman–Crippen LogP) is 3.83. The van der Waals surface area contributed by atoms with Crippen LogP contribution in [0, 0.1) is 6.92 Å². The zero-order valence-electron chi connectivity index (χ0n) is 13.5. The Hall–Kier alpha value is -2.36. The highest BCUT2D eigenvalue weighted by molar-refractivity contribution is 5.92. The van der Waals surface area contributed by atoms with Crippen molar-refractivity contribution in [1.82, 2.24) is 4.98 Å². The molecule has 0 saturated heterocycles. The Balaban J connectivity index is 1.96. The molecule has 0 fully saturated rings. The molecule has 116 valence electrons. The molecule has 0 bridgehead atoms. The average molecular weight is 296 g/mol. The van der Waals surface area contributed by atoms with Crippen LogP contribution in [0.4, 0.5) is 5.69 Å². The van der Waals surface area contributed by atoms with Crippen LogP contribution >= 0.6 is 0 Å². The number of nitrogens with zero attached hydrogens (tertiary/aromatic N) is 2. The van der Waals surface area contributed by atoms with E-state index in [9.17, 15) is 0 Å². The molecule has 0 amide bonds. The van der Waals surface area contributed by atoms with Crippen molar-refractivity contribution in [3.63, 3.8) is 0 Å². The van der Waals surface area contributed by atoms with Gasteiger partial charge in [-0.2, -0.15) is 0 Å². The first kappa shape index (κ1) is 16.0. The zero-order chi connectivity index (χ0) is 15.9. The van der Waals surface area contributed by atoms with Crippen molar-refractivity contribution in [2.45, 2.75) is 39.7 Å². The molecule has 2 rings (SSSR count). The molecule has 22 heavy (non-hydrogen) atoms. The van der Waals surface area contributed by atoms with E-state index < -0.39 is 0 Å². The summed E-state index contributed by atoms with van der Waals surface area (Å²) < 4.78 is 0. The summed E-state index contributed by atoms with van der Waals surface area (Å²) in [6.45, 7) is 6.94. The number of hydrogen-bond acceptors (Lipinski definition) is 2. The van der Waals surface area contributed by atoms with Crippen LogP contribution in [0.3, 0.4) is 0 Å². The van der Waals surface area contributed by atoms with E-state index in [1.54, 1.807) is 6.20 Å². The van der Waals surface area contributed by atoms with Gasteiger partial charge in [-0.3, -0.25) is 4.98 Å². The van der Waals surface area contributed by atoms with Crippen molar-refractivity contribution in [2.24, 2.45) is 10.7 Å². The van der Waals surface area contributed by atoms with Gasteiger partial charge >= 0.3 is 0 Å². The number of anilines is 1. The van der Waals surface area contributed by atoms with E-state index in [-0.39, 0.29) is 0 Å². The van der Waals surface area contributed by atoms with Gasteiger partial charge in [-0.1, -0.05) is 26.0 Å². The fourth-order valence-electron chi connectivity index (χ4n) is 2.17. The third-order valence-electron chi connectivity index (χ3n) is 3.75. The highest BCUT2D eigenvalue weighted by Gasteiger charge is 2.03. The first-order chi connectivity index (χ1) is 10.6. The number of aliphatic imine (C=N–C) groups is 1. The first-order valence-electron chi connectivity index (χ1n) is 7.67. The van der Waals surface area contributed by atoms with E-state index in [0.717, 1.165) is 17.8 Å². The molecular formula is C18H24N4. The van der Waals surface area contributed by atoms with Crippen molar-refractivity contribution < 1.29 is 0 Å². The van der Waals surface area contributed by atoms with Crippen LogP contribution in [-0.2, 0) is 6.54 Å². The summed E-state index contributed by atoms with van der Waals surface area (Å²) in [5.41, 5.74) is 10.3. The van der Waals surface area contributed by atoms with Crippen LogP contribution in [0.25, 0.3) is 0 Å². The fourth-order valence-corrected chi connectivity index (χ4v) is 2.17. The smallest absolute Gasteiger partial charge is 0.193 e. The van der Waals surface area contributed by atoms with Gasteiger partial charge in [0.25, 0.3) is 0 Å². The molecule has 4 nitrogen and oxygen atoms in total. The molecule has 2 aromatic rings. The van der Waals surface area contributed by atoms with Crippen LogP contribution in [0.2, 0.25) is 0 Å². The van der Waals surface area contributed by atoms with Gasteiger partial charge in [0.05, 0.1) is 12.2 Å². The van der Waals surface area contributed by atoms with E-state index in [2.05, 4.69) is 41.3 Å². The van der Waals surface area contributed by atoms with Gasteiger partial charge in [0, 0.05) is 11.9 Å². The van der Waals surface area contributed by atoms with E-state index in [0.29, 0.717) is 18.4 Å². The maximum Gasteiger partial charge on any atom is 0.193 e. The maximum absolute atomic E-state index is 5.93. The van der Waals surface area contributed by atoms with Crippen molar-refractivity contribution in [3.8, 4) is 0 Å². The van der Waals surface area contributed by atoms with Crippen LogP contribution in [0.5, 0.6) is 0 Å². The second-order valence-corrected chi connectivity index (χ2v) is 5.58. The van der Waals surface area contributed by atoms with Gasteiger partial charge in [0.1, 0.15) is 0 Å². The molecule has 1 heterocycles. The van der Waals surface area contributed by atoms with Gasteiger partial charge in [-0.05, 0) is 54.7 Å². The summed E-state index contributed by atoms with van der Waals surface area (Å²) in [7, 11) is 0. The van der Waals surface area contributed by atoms with E-state index in [1.165, 1.54) is 11.1 Å². The number of rotatable bonds is 5. The van der Waals surface area contributed by atoms with Crippen LogP contribution in [0.15, 0.2) is 47.6 Å². The summed E-state index contributed by atoms with van der Waals surface area (Å²) in [5.74, 6) is 0.979. The summed E-state index contributed by atoms with van der Waals surface area (Å²) in [6, 6.07) is 12.3. The summed E-state index contributed by atoms with van der Waals surface area (Å²) >= 11 is 0. The topological polar surface area (TPSA) is 63.3 Å². The SMILES string of the molecule is CCC(C)c1ccc(NC(N)=NCc2cc(C)ccn2)cc1. The lowest BCUT2D eigenvalue weighted by Gasteiger charge is -2.10. The molecule has 4 heteroatoms. The van der Waals surface area contributed by atoms with Gasteiger partial charge in [0.15, 0.2) is 5.96 Å². The molecule has 0 spiro atoms. The quantitative estimate of drug-likeness (QED) is 0.651. The largest absolute Gasteiger partial charge is 0.370 e. The van der Waals surface area contributed by atoms with Gasteiger partial charge < -0.3 is 11.1 Å². The van der Waals surface area contributed by atoms with E-state index in [1.807, 2.05) is 31.2 Å².